The fourth-order valence-corrected chi connectivity index (χ4v) is 7.61. The van der Waals surface area contributed by atoms with E-state index in [-0.39, 0.29) is 0 Å². The van der Waals surface area contributed by atoms with Gasteiger partial charge >= 0.3 is 18.1 Å². The number of halogens is 7. The van der Waals surface area contributed by atoms with Crippen LogP contribution in [-0.4, -0.2) is 70.5 Å². The Morgan fingerprint density at radius 3 is 1.91 bits per heavy atom. The van der Waals surface area contributed by atoms with Gasteiger partial charge in [0.1, 0.15) is 12.6 Å². The first-order valence-corrected chi connectivity index (χ1v) is 19.0. The van der Waals surface area contributed by atoms with Crippen molar-refractivity contribution >= 4 is 79.0 Å². The maximum absolute atomic E-state index is 13.4. The monoisotopic (exact) mass is 824 g/mol. The second kappa shape index (κ2) is 18.8. The molecule has 1 saturated carbocycles. The standard InChI is InChI=1S/C34H37ClN6O2S.C3F6O.CH2O/c1-41(2)31-11-5-9-28-27(31)8-6-12-32(28)44(42,43)37-22-24-15-13-23(14-16-24)21-36-34-39-30-10-4-3-7-29(30)33(40-34)38-26-19-17-25(35)18-20-26;4-2(5,6)1(10)3(7,8)9;1-2/h3-12,17-20,23-24,37H,13-16,21-22H2,1-2H3,(H2,36,38,39,40);;1H2. The van der Waals surface area contributed by atoms with Gasteiger partial charge in [0.25, 0.3) is 0 Å². The molecule has 0 atom stereocenters. The Balaban J connectivity index is 0.000000507. The molecule has 0 radical (unpaired) electrons. The predicted molar refractivity (Wildman–Crippen MR) is 206 cm³/mol. The Kier molecular flexibility index (Phi) is 14.6. The first-order valence-electron chi connectivity index (χ1n) is 17.1. The smallest absolute Gasteiger partial charge is 0.377 e. The van der Waals surface area contributed by atoms with Crippen LogP contribution in [0, 0.1) is 11.8 Å². The van der Waals surface area contributed by atoms with E-state index in [1.165, 1.54) is 0 Å². The minimum absolute atomic E-state index is 0.306. The summed E-state index contributed by atoms with van der Waals surface area (Å²) in [5, 5.41) is 10.2. The molecule has 18 heteroatoms. The summed E-state index contributed by atoms with van der Waals surface area (Å²) in [4.78, 5) is 29.1. The van der Waals surface area contributed by atoms with Crippen LogP contribution >= 0.6 is 11.6 Å². The molecule has 0 bridgehead atoms. The van der Waals surface area contributed by atoms with Crippen molar-refractivity contribution in [2.45, 2.75) is 42.9 Å². The van der Waals surface area contributed by atoms with Gasteiger partial charge in [-0.25, -0.2) is 18.1 Å². The van der Waals surface area contributed by atoms with Gasteiger partial charge in [-0.2, -0.15) is 31.3 Å². The fourth-order valence-electron chi connectivity index (χ4n) is 6.15. The lowest BCUT2D eigenvalue weighted by molar-refractivity contribution is -0.217. The average molecular weight is 825 g/mol. The summed E-state index contributed by atoms with van der Waals surface area (Å²) in [6, 6.07) is 26.8. The Hall–Kier alpha value is -5.00. The Bertz CT molecular complexity index is 2200. The molecule has 1 aromatic heterocycles. The first kappa shape index (κ1) is 43.7. The molecule has 0 amide bonds. The number of carbonyl (C=O) groups excluding carboxylic acids is 2. The van der Waals surface area contributed by atoms with E-state index in [1.54, 1.807) is 6.07 Å². The van der Waals surface area contributed by atoms with E-state index in [0.29, 0.717) is 34.2 Å². The summed E-state index contributed by atoms with van der Waals surface area (Å²) >= 11 is 6.06. The zero-order chi connectivity index (χ0) is 41.3. The molecule has 10 nitrogen and oxygen atoms in total. The first-order chi connectivity index (χ1) is 26.4. The normalized spacial score (nSPS) is 15.9. The van der Waals surface area contributed by atoms with Gasteiger partial charge in [0.2, 0.25) is 16.0 Å². The van der Waals surface area contributed by atoms with Crippen molar-refractivity contribution in [3.8, 4) is 0 Å². The largest absolute Gasteiger partial charge is 0.459 e. The summed E-state index contributed by atoms with van der Waals surface area (Å²) in [5.41, 5.74) is 2.76. The number of nitrogens with one attached hydrogen (secondary N) is 3. The van der Waals surface area contributed by atoms with Crippen molar-refractivity contribution in [2.24, 2.45) is 11.8 Å². The molecular formula is C38H39ClF6N6O4S. The van der Waals surface area contributed by atoms with Crippen molar-refractivity contribution < 1.29 is 44.3 Å². The van der Waals surface area contributed by atoms with Crippen molar-refractivity contribution in [2.75, 3.05) is 42.7 Å². The average Bonchev–Trinajstić information content (AvgIpc) is 3.17. The molecule has 1 fully saturated rings. The van der Waals surface area contributed by atoms with Crippen LogP contribution in [0.4, 0.5) is 49.5 Å². The van der Waals surface area contributed by atoms with E-state index < -0.39 is 28.2 Å². The van der Waals surface area contributed by atoms with E-state index in [2.05, 4.69) is 15.4 Å². The van der Waals surface area contributed by atoms with Crippen molar-refractivity contribution in [3.05, 3.63) is 90.0 Å². The molecule has 0 unspecified atom stereocenters. The van der Waals surface area contributed by atoms with Gasteiger partial charge in [-0.1, -0.05) is 48.0 Å². The lowest BCUT2D eigenvalue weighted by atomic mass is 9.82. The number of Topliss-reactive ketones (excluding diaryl/α,β-unsaturated/α-hetero) is 1. The summed E-state index contributed by atoms with van der Waals surface area (Å²) in [5.74, 6) is -1.59. The lowest BCUT2D eigenvalue weighted by Crippen LogP contribution is -2.36. The van der Waals surface area contributed by atoms with Gasteiger partial charge in [0.05, 0.1) is 10.4 Å². The summed E-state index contributed by atoms with van der Waals surface area (Å²) < 4.78 is 94.9. The molecule has 4 aromatic carbocycles. The highest BCUT2D eigenvalue weighted by Gasteiger charge is 2.55. The molecule has 1 aliphatic rings. The van der Waals surface area contributed by atoms with Crippen LogP contribution in [0.5, 0.6) is 0 Å². The fraction of sp³-hybridized carbons (Fsp3) is 0.316. The summed E-state index contributed by atoms with van der Waals surface area (Å²) in [6.45, 7) is 3.21. The Morgan fingerprint density at radius 2 is 1.32 bits per heavy atom. The number of hydrogen-bond donors (Lipinski definition) is 3. The zero-order valence-electron chi connectivity index (χ0n) is 30.2. The molecule has 5 aromatic rings. The molecule has 0 aliphatic heterocycles. The van der Waals surface area contributed by atoms with E-state index in [4.69, 9.17) is 26.4 Å². The minimum Gasteiger partial charge on any atom is -0.377 e. The van der Waals surface area contributed by atoms with Crippen LogP contribution in [0.1, 0.15) is 25.7 Å². The number of alkyl halides is 6. The number of sulfonamides is 1. The van der Waals surface area contributed by atoms with Crippen LogP contribution in [0.25, 0.3) is 21.7 Å². The molecule has 1 heterocycles. The maximum atomic E-state index is 13.4. The van der Waals surface area contributed by atoms with Crippen molar-refractivity contribution in [1.82, 2.24) is 14.7 Å². The number of benzene rings is 4. The van der Waals surface area contributed by atoms with E-state index >= 15 is 0 Å². The quantitative estimate of drug-likeness (QED) is 0.118. The third-order valence-corrected chi connectivity index (χ3v) is 10.7. The Morgan fingerprint density at radius 1 is 0.768 bits per heavy atom. The van der Waals surface area contributed by atoms with Crippen LogP contribution < -0.4 is 20.3 Å². The van der Waals surface area contributed by atoms with Crippen LogP contribution in [0.2, 0.25) is 5.02 Å². The van der Waals surface area contributed by atoms with Gasteiger partial charge in [0, 0.05) is 59.7 Å². The summed E-state index contributed by atoms with van der Waals surface area (Å²) in [6.07, 6.45) is -7.67. The van der Waals surface area contributed by atoms with E-state index in [9.17, 15) is 39.6 Å². The zero-order valence-corrected chi connectivity index (χ0v) is 31.8. The second-order valence-electron chi connectivity index (χ2n) is 13.0. The number of aromatic nitrogens is 2. The van der Waals surface area contributed by atoms with Gasteiger partial charge in [-0.15, -0.1) is 0 Å². The van der Waals surface area contributed by atoms with Crippen LogP contribution in [-0.2, 0) is 19.6 Å². The van der Waals surface area contributed by atoms with Crippen LogP contribution in [0.15, 0.2) is 89.8 Å². The molecule has 300 valence electrons. The molecular weight excluding hydrogens is 786 g/mol. The van der Waals surface area contributed by atoms with E-state index in [0.717, 1.165) is 71.1 Å². The van der Waals surface area contributed by atoms with E-state index in [1.807, 2.05) is 105 Å². The summed E-state index contributed by atoms with van der Waals surface area (Å²) in [7, 11) is 0.284. The molecule has 0 spiro atoms. The predicted octanol–water partition coefficient (Wildman–Crippen LogP) is 8.94. The molecule has 3 N–H and O–H groups in total. The van der Waals surface area contributed by atoms with Crippen molar-refractivity contribution in [1.29, 1.82) is 0 Å². The number of ketones is 1. The van der Waals surface area contributed by atoms with Gasteiger partial charge in [-0.05, 0) is 86.1 Å². The number of nitrogens with zero attached hydrogens (tertiary/aromatic N) is 3. The van der Waals surface area contributed by atoms with Gasteiger partial charge in [-0.3, -0.25) is 4.79 Å². The minimum atomic E-state index is -5.82. The molecule has 56 heavy (non-hydrogen) atoms. The SMILES string of the molecule is C=O.CN(C)c1cccc2c(S(=O)(=O)NCC3CCC(CNc4nc(Nc5ccc(Cl)cc5)c5ccccc5n4)CC3)cccc12.O=C(C(F)(F)F)C(F)(F)F. The molecule has 0 saturated heterocycles. The highest BCUT2D eigenvalue weighted by molar-refractivity contribution is 7.89. The van der Waals surface area contributed by atoms with Gasteiger partial charge in [0.15, 0.2) is 0 Å². The number of para-hydroxylation sites is 1. The van der Waals surface area contributed by atoms with Crippen LogP contribution in [0.3, 0.4) is 0 Å². The number of fused-ring (bicyclic) bond motifs is 2. The van der Waals surface area contributed by atoms with Gasteiger partial charge < -0.3 is 20.3 Å². The Labute approximate surface area is 324 Å². The number of anilines is 4. The lowest BCUT2D eigenvalue weighted by Gasteiger charge is -2.29. The number of rotatable bonds is 10. The molecule has 1 aliphatic carbocycles. The second-order valence-corrected chi connectivity index (χ2v) is 15.2. The topological polar surface area (TPSA) is 133 Å². The highest BCUT2D eigenvalue weighted by atomic mass is 35.5. The molecule has 6 rings (SSSR count). The maximum Gasteiger partial charge on any atom is 0.459 e. The van der Waals surface area contributed by atoms with Crippen molar-refractivity contribution in [3.63, 3.8) is 0 Å². The third kappa shape index (κ3) is 11.5. The third-order valence-electron chi connectivity index (χ3n) is 8.93. The number of carbonyl (C=O) groups is 2. The number of hydrogen-bond acceptors (Lipinski definition) is 9. The highest BCUT2D eigenvalue weighted by Crippen LogP contribution is 2.33.